The Kier molecular flexibility index (Phi) is 6.27. The van der Waals surface area contributed by atoms with Crippen LogP contribution in [0.15, 0.2) is 83.5 Å². The van der Waals surface area contributed by atoms with Crippen molar-refractivity contribution in [1.29, 1.82) is 0 Å². The summed E-state index contributed by atoms with van der Waals surface area (Å²) < 4.78 is 24.7. The number of benzene rings is 3. The summed E-state index contributed by atoms with van der Waals surface area (Å²) in [5, 5.41) is 0.972. The number of halogens is 1. The summed E-state index contributed by atoms with van der Waals surface area (Å²) in [5.41, 5.74) is 5.46. The maximum atomic E-state index is 13.2. The standard InChI is InChI=1S/C29H27FN2O3/c1-20(16-29(33)32-14-12-31(13-15-32)23-10-8-22(30)9-11-23)24-17-25-26(21-6-4-3-5-7-21)19-35-28(25)18-27(24)34-2/h3-11,16-19H,12-15H2,1-2H3/b20-16+. The van der Waals surface area contributed by atoms with E-state index in [-0.39, 0.29) is 11.7 Å². The van der Waals surface area contributed by atoms with Gasteiger partial charge in [0.1, 0.15) is 17.1 Å². The SMILES string of the molecule is COc1cc2occ(-c3ccccc3)c2cc1/C(C)=C/C(=O)N1CCN(c2ccc(F)cc2)CC1. The Labute approximate surface area is 204 Å². The van der Waals surface area contributed by atoms with Crippen LogP contribution in [0.2, 0.25) is 0 Å². The minimum absolute atomic E-state index is 0.0288. The first-order valence-corrected chi connectivity index (χ1v) is 11.7. The Morgan fingerprint density at radius 2 is 1.71 bits per heavy atom. The number of anilines is 1. The van der Waals surface area contributed by atoms with Gasteiger partial charge in [-0.25, -0.2) is 4.39 Å². The molecule has 5 rings (SSSR count). The van der Waals surface area contributed by atoms with Crippen LogP contribution < -0.4 is 9.64 Å². The van der Waals surface area contributed by atoms with Crippen molar-refractivity contribution in [3.8, 4) is 16.9 Å². The first-order chi connectivity index (χ1) is 17.0. The third-order valence-corrected chi connectivity index (χ3v) is 6.53. The number of carbonyl (C=O) groups is 1. The van der Waals surface area contributed by atoms with Gasteiger partial charge in [-0.3, -0.25) is 4.79 Å². The van der Waals surface area contributed by atoms with Gasteiger partial charge in [-0.1, -0.05) is 30.3 Å². The molecule has 1 aliphatic heterocycles. The molecule has 0 radical (unpaired) electrons. The van der Waals surface area contributed by atoms with Gasteiger partial charge in [-0.2, -0.15) is 0 Å². The molecule has 4 aromatic rings. The molecule has 1 fully saturated rings. The summed E-state index contributed by atoms with van der Waals surface area (Å²) in [6.07, 6.45) is 3.44. The van der Waals surface area contributed by atoms with E-state index in [1.807, 2.05) is 54.3 Å². The van der Waals surface area contributed by atoms with E-state index in [1.165, 1.54) is 12.1 Å². The van der Waals surface area contributed by atoms with Crippen LogP contribution in [0.25, 0.3) is 27.7 Å². The third-order valence-electron chi connectivity index (χ3n) is 6.53. The number of hydrogen-bond acceptors (Lipinski definition) is 4. The molecule has 6 heteroatoms. The van der Waals surface area contributed by atoms with Crippen LogP contribution in [0.3, 0.4) is 0 Å². The second kappa shape index (κ2) is 9.66. The highest BCUT2D eigenvalue weighted by molar-refractivity contribution is 6.00. The molecule has 0 bridgehead atoms. The van der Waals surface area contributed by atoms with E-state index in [4.69, 9.17) is 9.15 Å². The topological polar surface area (TPSA) is 45.9 Å². The van der Waals surface area contributed by atoms with Crippen LogP contribution in [0, 0.1) is 5.82 Å². The van der Waals surface area contributed by atoms with Crippen LogP contribution in [0.5, 0.6) is 5.75 Å². The summed E-state index contributed by atoms with van der Waals surface area (Å²) >= 11 is 0. The average Bonchev–Trinajstić information content (AvgIpc) is 3.32. The quantitative estimate of drug-likeness (QED) is 0.336. The number of allylic oxidation sites excluding steroid dienone is 1. The summed E-state index contributed by atoms with van der Waals surface area (Å²) in [6, 6.07) is 20.5. The molecule has 0 aliphatic carbocycles. The number of amides is 1. The predicted molar refractivity (Wildman–Crippen MR) is 137 cm³/mol. The number of piperazine rings is 1. The molecule has 35 heavy (non-hydrogen) atoms. The van der Waals surface area contributed by atoms with Crippen molar-refractivity contribution in [1.82, 2.24) is 4.90 Å². The van der Waals surface area contributed by atoms with E-state index >= 15 is 0 Å². The monoisotopic (exact) mass is 470 g/mol. The number of methoxy groups -OCH3 is 1. The van der Waals surface area contributed by atoms with Crippen molar-refractivity contribution in [2.45, 2.75) is 6.92 Å². The molecule has 3 aromatic carbocycles. The lowest BCUT2D eigenvalue weighted by molar-refractivity contribution is -0.126. The molecule has 1 amide bonds. The zero-order valence-electron chi connectivity index (χ0n) is 19.8. The van der Waals surface area contributed by atoms with Crippen LogP contribution >= 0.6 is 0 Å². The number of hydrogen-bond donors (Lipinski definition) is 0. The van der Waals surface area contributed by atoms with Crippen molar-refractivity contribution in [2.75, 3.05) is 38.2 Å². The summed E-state index contributed by atoms with van der Waals surface area (Å²) in [7, 11) is 1.62. The Morgan fingerprint density at radius 1 is 1.00 bits per heavy atom. The lowest BCUT2D eigenvalue weighted by atomic mass is 9.99. The van der Waals surface area contributed by atoms with Crippen LogP contribution in [-0.2, 0) is 4.79 Å². The Morgan fingerprint density at radius 3 is 2.40 bits per heavy atom. The third kappa shape index (κ3) is 4.64. The largest absolute Gasteiger partial charge is 0.496 e. The Balaban J connectivity index is 1.36. The second-order valence-electron chi connectivity index (χ2n) is 8.68. The molecule has 178 valence electrons. The highest BCUT2D eigenvalue weighted by atomic mass is 19.1. The first kappa shape index (κ1) is 22.7. The molecule has 0 spiro atoms. The smallest absolute Gasteiger partial charge is 0.246 e. The number of carbonyl (C=O) groups excluding carboxylic acids is 1. The fourth-order valence-electron chi connectivity index (χ4n) is 4.56. The van der Waals surface area contributed by atoms with E-state index in [2.05, 4.69) is 4.90 Å². The molecular formula is C29H27FN2O3. The summed E-state index contributed by atoms with van der Waals surface area (Å²) in [4.78, 5) is 17.1. The van der Waals surface area contributed by atoms with E-state index in [0.717, 1.165) is 38.9 Å². The summed E-state index contributed by atoms with van der Waals surface area (Å²) in [6.45, 7) is 4.55. The van der Waals surface area contributed by atoms with Crippen molar-refractivity contribution in [2.24, 2.45) is 0 Å². The Hall–Kier alpha value is -4.06. The molecule has 0 N–H and O–H groups in total. The summed E-state index contributed by atoms with van der Waals surface area (Å²) in [5.74, 6) is 0.385. The number of furan rings is 1. The van der Waals surface area contributed by atoms with Gasteiger partial charge in [0.2, 0.25) is 5.91 Å². The van der Waals surface area contributed by atoms with Gasteiger partial charge in [0, 0.05) is 60.5 Å². The van der Waals surface area contributed by atoms with Crippen molar-refractivity contribution in [3.63, 3.8) is 0 Å². The molecule has 1 aliphatic rings. The average molecular weight is 471 g/mol. The number of ether oxygens (including phenoxy) is 1. The molecule has 0 saturated carbocycles. The lowest BCUT2D eigenvalue weighted by Crippen LogP contribution is -2.48. The van der Waals surface area contributed by atoms with E-state index in [1.54, 1.807) is 31.6 Å². The van der Waals surface area contributed by atoms with Crippen LogP contribution in [0.1, 0.15) is 12.5 Å². The van der Waals surface area contributed by atoms with E-state index in [0.29, 0.717) is 31.9 Å². The van der Waals surface area contributed by atoms with Gasteiger partial charge in [0.25, 0.3) is 0 Å². The second-order valence-corrected chi connectivity index (χ2v) is 8.68. The number of nitrogens with zero attached hydrogens (tertiary/aromatic N) is 2. The lowest BCUT2D eigenvalue weighted by Gasteiger charge is -2.35. The fourth-order valence-corrected chi connectivity index (χ4v) is 4.56. The molecule has 1 aromatic heterocycles. The minimum atomic E-state index is -0.247. The molecule has 5 nitrogen and oxygen atoms in total. The highest BCUT2D eigenvalue weighted by Gasteiger charge is 2.21. The van der Waals surface area contributed by atoms with Gasteiger partial charge < -0.3 is 19.0 Å². The van der Waals surface area contributed by atoms with E-state index in [9.17, 15) is 9.18 Å². The normalized spacial score (nSPS) is 14.4. The minimum Gasteiger partial charge on any atom is -0.496 e. The first-order valence-electron chi connectivity index (χ1n) is 11.7. The maximum absolute atomic E-state index is 13.2. The van der Waals surface area contributed by atoms with Crippen molar-refractivity contribution < 1.29 is 18.3 Å². The van der Waals surface area contributed by atoms with Gasteiger partial charge >= 0.3 is 0 Å². The highest BCUT2D eigenvalue weighted by Crippen LogP contribution is 2.37. The van der Waals surface area contributed by atoms with E-state index < -0.39 is 0 Å². The van der Waals surface area contributed by atoms with Crippen LogP contribution in [-0.4, -0.2) is 44.1 Å². The van der Waals surface area contributed by atoms with Crippen molar-refractivity contribution in [3.05, 3.63) is 90.4 Å². The predicted octanol–water partition coefficient (Wildman–Crippen LogP) is 6.00. The van der Waals surface area contributed by atoms with Gasteiger partial charge in [-0.05, 0) is 48.4 Å². The molecule has 2 heterocycles. The van der Waals surface area contributed by atoms with Crippen molar-refractivity contribution >= 4 is 28.1 Å². The maximum Gasteiger partial charge on any atom is 0.246 e. The van der Waals surface area contributed by atoms with Gasteiger partial charge in [-0.15, -0.1) is 0 Å². The molecule has 0 unspecified atom stereocenters. The zero-order chi connectivity index (χ0) is 24.4. The molecule has 1 saturated heterocycles. The van der Waals surface area contributed by atoms with Crippen LogP contribution in [0.4, 0.5) is 10.1 Å². The molecular weight excluding hydrogens is 443 g/mol. The molecule has 0 atom stereocenters. The number of fused-ring (bicyclic) bond motifs is 1. The Bertz CT molecular complexity index is 1370. The fraction of sp³-hybridized carbons (Fsp3) is 0.207. The zero-order valence-corrected chi connectivity index (χ0v) is 19.8. The van der Waals surface area contributed by atoms with Gasteiger partial charge in [0.15, 0.2) is 0 Å². The van der Waals surface area contributed by atoms with Gasteiger partial charge in [0.05, 0.1) is 13.4 Å². The number of rotatable bonds is 5.